The molecule has 4 aromatic rings. The lowest BCUT2D eigenvalue weighted by Crippen LogP contribution is -2.18. The lowest BCUT2D eigenvalue weighted by Gasteiger charge is -2.11. The van der Waals surface area contributed by atoms with Crippen LogP contribution in [0.15, 0.2) is 83.8 Å². The number of aryl methyl sites for hydroxylation is 1. The molecule has 186 valence electrons. The Balaban J connectivity index is 0.000000275. The van der Waals surface area contributed by atoms with E-state index in [2.05, 4.69) is 0 Å². The SMILES string of the molecule is Cc1cc(C(=O)O)c(C)n1Cc1ccc(Cn2ccccc2=O)cc1.NCc1ccc(C(N)=O)cc1. The number of amides is 1. The van der Waals surface area contributed by atoms with Crippen LogP contribution in [0.4, 0.5) is 0 Å². The second-order valence-corrected chi connectivity index (χ2v) is 8.42. The van der Waals surface area contributed by atoms with Crippen LogP contribution in [0.1, 0.15) is 48.8 Å². The van der Waals surface area contributed by atoms with Crippen LogP contribution in [0.3, 0.4) is 0 Å². The summed E-state index contributed by atoms with van der Waals surface area (Å²) in [7, 11) is 0. The van der Waals surface area contributed by atoms with Crippen molar-refractivity contribution < 1.29 is 14.7 Å². The molecule has 36 heavy (non-hydrogen) atoms. The number of hydrogen-bond acceptors (Lipinski definition) is 4. The number of hydrogen-bond donors (Lipinski definition) is 3. The van der Waals surface area contributed by atoms with Crippen molar-refractivity contribution in [1.29, 1.82) is 0 Å². The second kappa shape index (κ2) is 11.8. The largest absolute Gasteiger partial charge is 0.478 e. The molecule has 0 unspecified atom stereocenters. The minimum atomic E-state index is -0.900. The summed E-state index contributed by atoms with van der Waals surface area (Å²) in [6.07, 6.45) is 1.77. The quantitative estimate of drug-likeness (QED) is 0.369. The van der Waals surface area contributed by atoms with Gasteiger partial charge < -0.3 is 25.7 Å². The number of benzene rings is 2. The number of primary amides is 1. The molecule has 0 aliphatic heterocycles. The van der Waals surface area contributed by atoms with Crippen molar-refractivity contribution >= 4 is 11.9 Å². The first-order chi connectivity index (χ1) is 17.2. The minimum absolute atomic E-state index is 0.0219. The molecule has 0 spiro atoms. The molecule has 0 aliphatic carbocycles. The van der Waals surface area contributed by atoms with E-state index in [1.165, 1.54) is 0 Å². The summed E-state index contributed by atoms with van der Waals surface area (Å²) in [4.78, 5) is 33.6. The van der Waals surface area contributed by atoms with Crippen LogP contribution >= 0.6 is 0 Å². The van der Waals surface area contributed by atoms with Gasteiger partial charge >= 0.3 is 5.97 Å². The van der Waals surface area contributed by atoms with E-state index in [-0.39, 0.29) is 5.56 Å². The lowest BCUT2D eigenvalue weighted by atomic mass is 10.1. The highest BCUT2D eigenvalue weighted by molar-refractivity contribution is 5.92. The normalized spacial score (nSPS) is 10.4. The van der Waals surface area contributed by atoms with Crippen LogP contribution in [0.2, 0.25) is 0 Å². The van der Waals surface area contributed by atoms with E-state index in [1.807, 2.05) is 48.7 Å². The summed E-state index contributed by atoms with van der Waals surface area (Å²) < 4.78 is 3.66. The van der Waals surface area contributed by atoms with Crippen molar-refractivity contribution in [3.8, 4) is 0 Å². The zero-order valence-electron chi connectivity index (χ0n) is 20.3. The average molecular weight is 487 g/mol. The summed E-state index contributed by atoms with van der Waals surface area (Å²) in [5.41, 5.74) is 16.0. The number of nitrogens with two attached hydrogens (primary N) is 2. The van der Waals surface area contributed by atoms with Crippen molar-refractivity contribution in [2.24, 2.45) is 11.5 Å². The summed E-state index contributed by atoms with van der Waals surface area (Å²) >= 11 is 0. The zero-order chi connectivity index (χ0) is 26.2. The van der Waals surface area contributed by atoms with Gasteiger partial charge in [0.05, 0.1) is 12.1 Å². The maximum absolute atomic E-state index is 11.8. The molecule has 8 nitrogen and oxygen atoms in total. The Morgan fingerprint density at radius 2 is 1.44 bits per heavy atom. The van der Waals surface area contributed by atoms with E-state index >= 15 is 0 Å². The highest BCUT2D eigenvalue weighted by Gasteiger charge is 2.14. The number of carboxylic acids is 1. The van der Waals surface area contributed by atoms with Crippen LogP contribution < -0.4 is 17.0 Å². The molecule has 0 bridgehead atoms. The molecule has 0 saturated heterocycles. The van der Waals surface area contributed by atoms with Crippen LogP contribution in [0.25, 0.3) is 0 Å². The predicted molar refractivity (Wildman–Crippen MR) is 139 cm³/mol. The van der Waals surface area contributed by atoms with Crippen LogP contribution in [-0.2, 0) is 19.6 Å². The van der Waals surface area contributed by atoms with Gasteiger partial charge in [-0.15, -0.1) is 0 Å². The van der Waals surface area contributed by atoms with Crippen LogP contribution in [0.5, 0.6) is 0 Å². The maximum atomic E-state index is 11.8. The molecule has 5 N–H and O–H groups in total. The fourth-order valence-corrected chi connectivity index (χ4v) is 3.79. The molecule has 2 aromatic carbocycles. The summed E-state index contributed by atoms with van der Waals surface area (Å²) in [5, 5.41) is 9.23. The van der Waals surface area contributed by atoms with Crippen molar-refractivity contribution in [3.05, 3.63) is 129 Å². The van der Waals surface area contributed by atoms with E-state index in [0.717, 1.165) is 28.1 Å². The Hall–Kier alpha value is -4.43. The molecular weight excluding hydrogens is 456 g/mol. The van der Waals surface area contributed by atoms with Gasteiger partial charge in [0, 0.05) is 42.3 Å². The fraction of sp³-hybridized carbons (Fsp3) is 0.179. The van der Waals surface area contributed by atoms with Gasteiger partial charge in [-0.05, 0) is 54.8 Å². The number of pyridine rings is 1. The third-order valence-electron chi connectivity index (χ3n) is 5.89. The Morgan fingerprint density at radius 3 is 1.94 bits per heavy atom. The third-order valence-corrected chi connectivity index (χ3v) is 5.89. The highest BCUT2D eigenvalue weighted by atomic mass is 16.4. The van der Waals surface area contributed by atoms with E-state index in [9.17, 15) is 19.5 Å². The summed E-state index contributed by atoms with van der Waals surface area (Å²) in [6.45, 7) is 5.38. The van der Waals surface area contributed by atoms with Gasteiger partial charge in [0.2, 0.25) is 5.91 Å². The molecule has 1 amide bonds. The molecule has 2 aromatic heterocycles. The molecule has 0 saturated carbocycles. The molecule has 4 rings (SSSR count). The third kappa shape index (κ3) is 6.58. The van der Waals surface area contributed by atoms with Crippen molar-refractivity contribution in [2.45, 2.75) is 33.5 Å². The van der Waals surface area contributed by atoms with Gasteiger partial charge in [0.15, 0.2) is 0 Å². The minimum Gasteiger partial charge on any atom is -0.478 e. The Labute approximate surface area is 209 Å². The van der Waals surface area contributed by atoms with Gasteiger partial charge in [0.1, 0.15) is 0 Å². The van der Waals surface area contributed by atoms with Gasteiger partial charge in [-0.25, -0.2) is 4.79 Å². The first-order valence-electron chi connectivity index (χ1n) is 11.4. The Kier molecular flexibility index (Phi) is 8.59. The number of carbonyl (C=O) groups excluding carboxylic acids is 1. The number of carbonyl (C=O) groups is 2. The van der Waals surface area contributed by atoms with Crippen LogP contribution in [0, 0.1) is 13.8 Å². The van der Waals surface area contributed by atoms with E-state index in [0.29, 0.717) is 30.8 Å². The molecule has 0 fully saturated rings. The summed E-state index contributed by atoms with van der Waals surface area (Å²) in [6, 6.07) is 21.8. The standard InChI is InChI=1S/C20H20N2O3.C8H10N2O/c1-14-11-18(20(24)25)15(2)22(14)13-17-8-6-16(7-9-17)12-21-10-4-3-5-19(21)23;9-5-6-1-3-7(4-2-6)8(10)11/h3-11H,12-13H2,1-2H3,(H,24,25);1-4H,5,9H2,(H2,10,11). The number of rotatable bonds is 7. The topological polar surface area (TPSA) is 133 Å². The molecule has 0 aliphatic rings. The number of nitrogens with zero attached hydrogens (tertiary/aromatic N) is 2. The van der Waals surface area contributed by atoms with Gasteiger partial charge in [0.25, 0.3) is 5.56 Å². The molecular formula is C28H30N4O4. The van der Waals surface area contributed by atoms with E-state index in [1.54, 1.807) is 53.2 Å². The first-order valence-corrected chi connectivity index (χ1v) is 11.4. The number of carboxylic acid groups (broad SMARTS) is 1. The summed E-state index contributed by atoms with van der Waals surface area (Å²) in [5.74, 6) is -1.31. The van der Waals surface area contributed by atoms with E-state index < -0.39 is 11.9 Å². The predicted octanol–water partition coefficient (Wildman–Crippen LogP) is 3.31. The van der Waals surface area contributed by atoms with Gasteiger partial charge in [-0.3, -0.25) is 9.59 Å². The van der Waals surface area contributed by atoms with E-state index in [4.69, 9.17) is 11.5 Å². The molecule has 0 radical (unpaired) electrons. The number of aromatic carboxylic acids is 1. The van der Waals surface area contributed by atoms with Gasteiger partial charge in [-0.2, -0.15) is 0 Å². The highest BCUT2D eigenvalue weighted by Crippen LogP contribution is 2.17. The molecule has 8 heteroatoms. The lowest BCUT2D eigenvalue weighted by molar-refractivity contribution is 0.0695. The Morgan fingerprint density at radius 1 is 0.861 bits per heavy atom. The average Bonchev–Trinajstić information content (AvgIpc) is 3.15. The van der Waals surface area contributed by atoms with Crippen LogP contribution in [-0.4, -0.2) is 26.1 Å². The Bertz CT molecular complexity index is 1400. The van der Waals surface area contributed by atoms with Crippen molar-refractivity contribution in [1.82, 2.24) is 9.13 Å². The fourth-order valence-electron chi connectivity index (χ4n) is 3.79. The van der Waals surface area contributed by atoms with Gasteiger partial charge in [-0.1, -0.05) is 42.5 Å². The monoisotopic (exact) mass is 486 g/mol. The number of aromatic nitrogens is 2. The smallest absolute Gasteiger partial charge is 0.337 e. The van der Waals surface area contributed by atoms with Crippen molar-refractivity contribution in [3.63, 3.8) is 0 Å². The zero-order valence-corrected chi connectivity index (χ0v) is 20.3. The maximum Gasteiger partial charge on any atom is 0.337 e. The first kappa shape index (κ1) is 26.2. The molecule has 2 heterocycles. The van der Waals surface area contributed by atoms with Crippen molar-refractivity contribution in [2.75, 3.05) is 0 Å². The second-order valence-electron chi connectivity index (χ2n) is 8.42. The molecule has 0 atom stereocenters.